The van der Waals surface area contributed by atoms with E-state index >= 15 is 0 Å². The van der Waals surface area contributed by atoms with E-state index in [9.17, 15) is 14.7 Å². The molecular weight excluding hydrogens is 328 g/mol. The minimum atomic E-state index is -1.51. The number of benzene rings is 1. The maximum absolute atomic E-state index is 12.4. The summed E-state index contributed by atoms with van der Waals surface area (Å²) >= 11 is 0. The second kappa shape index (κ2) is 8.42. The van der Waals surface area contributed by atoms with E-state index in [2.05, 4.69) is 0 Å². The molecule has 138 valence electrons. The number of carbonyl (C=O) groups is 2. The molecule has 0 aromatic heterocycles. The first-order valence-corrected chi connectivity index (χ1v) is 8.13. The molecule has 1 aliphatic rings. The van der Waals surface area contributed by atoms with Crippen molar-refractivity contribution in [3.05, 3.63) is 35.9 Å². The van der Waals surface area contributed by atoms with Crippen molar-refractivity contribution >= 4 is 11.9 Å². The third-order valence-electron chi connectivity index (χ3n) is 4.29. The molecule has 1 aromatic carbocycles. The zero-order valence-electron chi connectivity index (χ0n) is 14.6. The van der Waals surface area contributed by atoms with Crippen LogP contribution in [0.3, 0.4) is 0 Å². The first-order valence-electron chi connectivity index (χ1n) is 8.13. The van der Waals surface area contributed by atoms with Gasteiger partial charge in [-0.25, -0.2) is 9.59 Å². The van der Waals surface area contributed by atoms with Gasteiger partial charge in [-0.1, -0.05) is 18.2 Å². The van der Waals surface area contributed by atoms with Gasteiger partial charge in [0.1, 0.15) is 0 Å². The fourth-order valence-electron chi connectivity index (χ4n) is 3.11. The van der Waals surface area contributed by atoms with Gasteiger partial charge in [0, 0.05) is 20.1 Å². The molecule has 0 amide bonds. The number of esters is 2. The van der Waals surface area contributed by atoms with Crippen molar-refractivity contribution in [2.24, 2.45) is 5.92 Å². The number of hydrogen-bond donors (Lipinski definition) is 1. The summed E-state index contributed by atoms with van der Waals surface area (Å²) in [6.07, 6.45) is -0.880. The molecule has 1 aromatic rings. The lowest BCUT2D eigenvalue weighted by molar-refractivity contribution is -0.312. The first kappa shape index (κ1) is 19.4. The Hall–Kier alpha value is -1.96. The number of carbonyl (C=O) groups excluding carboxylic acids is 2. The fraction of sp³-hybridized carbons (Fsp3) is 0.556. The molecule has 1 saturated heterocycles. The Bertz CT molecular complexity index is 588. The monoisotopic (exact) mass is 352 g/mol. The van der Waals surface area contributed by atoms with Crippen molar-refractivity contribution in [1.82, 2.24) is 0 Å². The second-order valence-corrected chi connectivity index (χ2v) is 6.11. The van der Waals surface area contributed by atoms with Crippen LogP contribution in [0, 0.1) is 5.92 Å². The molecule has 7 heteroatoms. The van der Waals surface area contributed by atoms with E-state index in [1.807, 2.05) is 6.92 Å². The molecule has 25 heavy (non-hydrogen) atoms. The summed E-state index contributed by atoms with van der Waals surface area (Å²) in [6.45, 7) is 1.72. The van der Waals surface area contributed by atoms with Crippen molar-refractivity contribution in [3.8, 4) is 0 Å². The van der Waals surface area contributed by atoms with Crippen LogP contribution in [0.4, 0.5) is 0 Å². The smallest absolute Gasteiger partial charge is 0.352 e. The molecule has 0 aliphatic carbocycles. The zero-order chi connectivity index (χ0) is 18.4. The highest BCUT2D eigenvalue weighted by Crippen LogP contribution is 2.37. The SMILES string of the molecule is COC(=O)C(OC(=O)c1ccccc1)C1(OC)CC(CO)CC(C)O1. The summed E-state index contributed by atoms with van der Waals surface area (Å²) in [4.78, 5) is 24.7. The van der Waals surface area contributed by atoms with Gasteiger partial charge in [-0.2, -0.15) is 0 Å². The van der Waals surface area contributed by atoms with Gasteiger partial charge in [-0.3, -0.25) is 0 Å². The van der Waals surface area contributed by atoms with E-state index in [-0.39, 0.29) is 25.0 Å². The normalized spacial score (nSPS) is 27.4. The predicted molar refractivity (Wildman–Crippen MR) is 87.8 cm³/mol. The van der Waals surface area contributed by atoms with Crippen LogP contribution in [-0.4, -0.2) is 55.9 Å². The fourth-order valence-corrected chi connectivity index (χ4v) is 3.11. The summed E-state index contributed by atoms with van der Waals surface area (Å²) in [5.41, 5.74) is 0.297. The Balaban J connectivity index is 2.31. The summed E-state index contributed by atoms with van der Waals surface area (Å²) in [5, 5.41) is 9.54. The van der Waals surface area contributed by atoms with E-state index < -0.39 is 23.8 Å². The highest BCUT2D eigenvalue weighted by molar-refractivity contribution is 5.91. The molecular formula is C18H24O7. The molecule has 2 rings (SSSR count). The molecule has 1 N–H and O–H groups in total. The topological polar surface area (TPSA) is 91.3 Å². The Labute approximate surface area is 146 Å². The van der Waals surface area contributed by atoms with Crippen LogP contribution in [0.5, 0.6) is 0 Å². The molecule has 0 bridgehead atoms. The van der Waals surface area contributed by atoms with Gasteiger partial charge in [0.05, 0.1) is 18.8 Å². The molecule has 1 aliphatic heterocycles. The third kappa shape index (κ3) is 4.36. The van der Waals surface area contributed by atoms with Crippen LogP contribution < -0.4 is 0 Å². The standard InChI is InChI=1S/C18H24O7/c1-12-9-13(11-19)10-18(23-3,25-12)15(17(21)22-2)24-16(20)14-7-5-4-6-8-14/h4-8,12-13,15,19H,9-11H2,1-3H3. The van der Waals surface area contributed by atoms with E-state index in [1.54, 1.807) is 30.3 Å². The molecule has 4 unspecified atom stereocenters. The van der Waals surface area contributed by atoms with Gasteiger partial charge in [-0.05, 0) is 31.4 Å². The lowest BCUT2D eigenvalue weighted by atomic mass is 9.87. The van der Waals surface area contributed by atoms with Crippen LogP contribution in [0.15, 0.2) is 30.3 Å². The van der Waals surface area contributed by atoms with Crippen LogP contribution >= 0.6 is 0 Å². The maximum Gasteiger partial charge on any atom is 0.352 e. The van der Waals surface area contributed by atoms with Crippen LogP contribution in [0.2, 0.25) is 0 Å². The maximum atomic E-state index is 12.4. The average Bonchev–Trinajstić information content (AvgIpc) is 2.65. The number of ether oxygens (including phenoxy) is 4. The molecule has 1 fully saturated rings. The number of hydrogen-bond acceptors (Lipinski definition) is 7. The minimum Gasteiger partial charge on any atom is -0.466 e. The number of aliphatic hydroxyl groups excluding tert-OH is 1. The molecule has 0 saturated carbocycles. The summed E-state index contributed by atoms with van der Waals surface area (Å²) in [7, 11) is 2.57. The Morgan fingerprint density at radius 1 is 1.32 bits per heavy atom. The van der Waals surface area contributed by atoms with Crippen molar-refractivity contribution in [2.75, 3.05) is 20.8 Å². The van der Waals surface area contributed by atoms with E-state index in [0.29, 0.717) is 12.0 Å². The van der Waals surface area contributed by atoms with Crippen molar-refractivity contribution in [1.29, 1.82) is 0 Å². The molecule has 4 atom stereocenters. The van der Waals surface area contributed by atoms with Gasteiger partial charge in [0.15, 0.2) is 0 Å². The Morgan fingerprint density at radius 3 is 2.56 bits per heavy atom. The largest absolute Gasteiger partial charge is 0.466 e. The lowest BCUT2D eigenvalue weighted by Crippen LogP contribution is -2.58. The average molecular weight is 352 g/mol. The summed E-state index contributed by atoms with van der Waals surface area (Å²) < 4.78 is 21.6. The van der Waals surface area contributed by atoms with E-state index in [4.69, 9.17) is 18.9 Å². The quantitative estimate of drug-likeness (QED) is 0.776. The van der Waals surface area contributed by atoms with Gasteiger partial charge in [0.25, 0.3) is 6.10 Å². The van der Waals surface area contributed by atoms with Crippen molar-refractivity contribution in [2.45, 2.75) is 37.8 Å². The summed E-state index contributed by atoms with van der Waals surface area (Å²) in [6, 6.07) is 8.31. The molecule has 0 spiro atoms. The van der Waals surface area contributed by atoms with Gasteiger partial charge in [-0.15, -0.1) is 0 Å². The van der Waals surface area contributed by atoms with Gasteiger partial charge < -0.3 is 24.1 Å². The number of methoxy groups -OCH3 is 2. The first-order chi connectivity index (χ1) is 12.0. The molecule has 7 nitrogen and oxygen atoms in total. The van der Waals surface area contributed by atoms with E-state index in [1.165, 1.54) is 14.2 Å². The van der Waals surface area contributed by atoms with Crippen LogP contribution in [0.1, 0.15) is 30.1 Å². The minimum absolute atomic E-state index is 0.0840. The van der Waals surface area contributed by atoms with Crippen LogP contribution in [0.25, 0.3) is 0 Å². The Morgan fingerprint density at radius 2 is 2.00 bits per heavy atom. The Kier molecular flexibility index (Phi) is 6.52. The van der Waals surface area contributed by atoms with E-state index in [0.717, 1.165) is 0 Å². The molecule has 1 heterocycles. The van der Waals surface area contributed by atoms with Crippen LogP contribution in [-0.2, 0) is 23.7 Å². The lowest BCUT2D eigenvalue weighted by Gasteiger charge is -2.44. The van der Waals surface area contributed by atoms with Crippen molar-refractivity contribution in [3.63, 3.8) is 0 Å². The summed E-state index contributed by atoms with van der Waals surface area (Å²) in [5.74, 6) is -3.12. The number of rotatable bonds is 6. The zero-order valence-corrected chi connectivity index (χ0v) is 14.6. The molecule has 0 radical (unpaired) electrons. The highest BCUT2D eigenvalue weighted by atomic mass is 16.7. The van der Waals surface area contributed by atoms with Crippen molar-refractivity contribution < 1.29 is 33.6 Å². The third-order valence-corrected chi connectivity index (χ3v) is 4.29. The highest BCUT2D eigenvalue weighted by Gasteiger charge is 2.53. The predicted octanol–water partition coefficient (Wildman–Crippen LogP) is 1.54. The van der Waals surface area contributed by atoms with Gasteiger partial charge >= 0.3 is 11.9 Å². The van der Waals surface area contributed by atoms with Gasteiger partial charge in [0.2, 0.25) is 5.79 Å². The second-order valence-electron chi connectivity index (χ2n) is 6.11. The number of aliphatic hydroxyl groups is 1.